The van der Waals surface area contributed by atoms with Crippen molar-refractivity contribution in [1.82, 2.24) is 18.3 Å². The van der Waals surface area contributed by atoms with E-state index in [1.165, 1.54) is 32.4 Å². The number of esters is 1. The highest BCUT2D eigenvalue weighted by Gasteiger charge is 2.21. The molecule has 0 saturated carbocycles. The number of carboxylic acids is 1. The first-order valence-corrected chi connectivity index (χ1v) is 18.1. The molecule has 4 heterocycles. The third-order valence-electron chi connectivity index (χ3n) is 9.26. The lowest BCUT2D eigenvalue weighted by Crippen LogP contribution is -2.15. The number of nitrogens with zero attached hydrogens (tertiary/aromatic N) is 4. The topological polar surface area (TPSA) is 232 Å². The molecule has 0 radical (unpaired) electrons. The number of methoxy groups -OCH3 is 2. The zero-order valence-electron chi connectivity index (χ0n) is 33.0. The number of amides is 3. The van der Waals surface area contributed by atoms with Gasteiger partial charge in [-0.15, -0.1) is 0 Å². The van der Waals surface area contributed by atoms with Crippen LogP contribution in [-0.2, 0) is 44.1 Å². The Balaban J connectivity index is 0.00000480. The number of nitrogen functional groups attached to an aromatic ring is 1. The van der Waals surface area contributed by atoms with Gasteiger partial charge in [0.05, 0.1) is 54.8 Å². The number of hydrogen-bond acceptors (Lipinski definition) is 10. The van der Waals surface area contributed by atoms with Gasteiger partial charge in [-0.05, 0) is 49.1 Å². The summed E-state index contributed by atoms with van der Waals surface area (Å²) < 4.78 is 22.0. The van der Waals surface area contributed by atoms with Crippen molar-refractivity contribution < 1.29 is 48.1 Å². The van der Waals surface area contributed by atoms with Crippen LogP contribution in [-0.4, -0.2) is 79.6 Å². The molecule has 322 valence electrons. The number of anilines is 4. The van der Waals surface area contributed by atoms with Gasteiger partial charge in [0.1, 0.15) is 17.1 Å². The molecule has 0 spiro atoms. The maximum Gasteiger partial charge on any atom is 0.354 e. The number of benzene rings is 1. The van der Waals surface area contributed by atoms with Crippen LogP contribution in [0.2, 0.25) is 0 Å². The fourth-order valence-electron chi connectivity index (χ4n) is 6.33. The van der Waals surface area contributed by atoms with Gasteiger partial charge in [0.2, 0.25) is 5.91 Å². The van der Waals surface area contributed by atoms with Crippen molar-refractivity contribution in [2.45, 2.75) is 47.0 Å². The summed E-state index contributed by atoms with van der Waals surface area (Å²) in [5.41, 5.74) is 8.87. The lowest BCUT2D eigenvalue weighted by atomic mass is 10.1. The number of carboxylic acid groups (broad SMARTS) is 1. The summed E-state index contributed by atoms with van der Waals surface area (Å²) in [7, 11) is 9.39. The standard InChI is InChI=1S/C40H46N8O10.2CH4/c1-45-19-23(12-30(45)37(51)44-26-16-32(40(55)57-6)48(4)22-26)13-33(49)29-14-25(21-46(29)2)43-38(52)31-15-24(20-47(31)3)42-36(50)10-8-7-9-11-58-35-18-28(41)27(39(53)54)17-34(35)56-5;;/h12,14-22H,7-11,13,41H2,1-6H3,(H,42,50)(H,43,52)(H,44,51)(H,53,54);2*1H4. The van der Waals surface area contributed by atoms with E-state index in [1.807, 2.05) is 0 Å². The number of aromatic nitrogens is 4. The van der Waals surface area contributed by atoms with Crippen molar-refractivity contribution in [1.29, 1.82) is 0 Å². The average Bonchev–Trinajstić information content (AvgIpc) is 3.93. The summed E-state index contributed by atoms with van der Waals surface area (Å²) in [6.07, 6.45) is 8.66. The smallest absolute Gasteiger partial charge is 0.354 e. The van der Waals surface area contributed by atoms with E-state index in [0.717, 1.165) is 0 Å². The first-order chi connectivity index (χ1) is 27.6. The summed E-state index contributed by atoms with van der Waals surface area (Å²) >= 11 is 0. The molecule has 0 bridgehead atoms. The molecule has 5 rings (SSSR count). The molecule has 0 aliphatic carbocycles. The van der Waals surface area contributed by atoms with Crippen molar-refractivity contribution in [3.8, 4) is 11.5 Å². The fraction of sp³-hybridized carbons (Fsp3) is 0.333. The lowest BCUT2D eigenvalue weighted by Gasteiger charge is -2.13. The van der Waals surface area contributed by atoms with Crippen molar-refractivity contribution in [3.63, 3.8) is 0 Å². The summed E-state index contributed by atoms with van der Waals surface area (Å²) in [5, 5.41) is 17.6. The van der Waals surface area contributed by atoms with Gasteiger partial charge in [0.15, 0.2) is 17.3 Å². The van der Waals surface area contributed by atoms with Crippen LogP contribution in [0.5, 0.6) is 11.5 Å². The molecule has 0 unspecified atom stereocenters. The SMILES string of the molecule is C.C.COC(=O)c1cc(NC(=O)c2cc(CC(=O)c3cc(NC(=O)c4cc(NC(=O)CCCCCOc5cc(N)c(C(=O)O)cc5OC)cn4C)cn3C)cn2C)cn1C. The third kappa shape index (κ3) is 11.2. The number of ether oxygens (including phenoxy) is 3. The number of aryl methyl sites for hydroxylation is 4. The number of aromatic carboxylic acids is 1. The Morgan fingerprint density at radius 2 is 1.18 bits per heavy atom. The first-order valence-electron chi connectivity index (χ1n) is 18.1. The molecule has 4 aromatic heterocycles. The first kappa shape index (κ1) is 47.1. The molecule has 0 atom stereocenters. The predicted octanol–water partition coefficient (Wildman–Crippen LogP) is 5.90. The monoisotopic (exact) mass is 830 g/mol. The Morgan fingerprint density at radius 1 is 0.650 bits per heavy atom. The molecule has 0 aliphatic rings. The number of Topliss-reactive ketones (excluding diaryl/α,β-unsaturated/α-hetero) is 1. The molecular formula is C42H54N8O10. The minimum Gasteiger partial charge on any atom is -0.493 e. The number of nitrogens with one attached hydrogen (secondary N) is 3. The second-order valence-corrected chi connectivity index (χ2v) is 13.6. The van der Waals surface area contributed by atoms with Crippen molar-refractivity contribution in [2.75, 3.05) is 42.5 Å². The van der Waals surface area contributed by atoms with Crippen LogP contribution in [0.4, 0.5) is 22.7 Å². The van der Waals surface area contributed by atoms with Gasteiger partial charge in [-0.25, -0.2) is 9.59 Å². The van der Waals surface area contributed by atoms with Gasteiger partial charge in [-0.3, -0.25) is 19.2 Å². The summed E-state index contributed by atoms with van der Waals surface area (Å²) in [4.78, 5) is 75.6. The molecule has 6 N–H and O–H groups in total. The predicted molar refractivity (Wildman–Crippen MR) is 227 cm³/mol. The molecule has 3 amide bonds. The normalized spacial score (nSPS) is 10.5. The van der Waals surface area contributed by atoms with E-state index in [1.54, 1.807) is 89.4 Å². The van der Waals surface area contributed by atoms with Gasteiger partial charge >= 0.3 is 11.9 Å². The lowest BCUT2D eigenvalue weighted by molar-refractivity contribution is -0.116. The minimum atomic E-state index is -1.17. The molecule has 0 fully saturated rings. The van der Waals surface area contributed by atoms with Crippen molar-refractivity contribution in [3.05, 3.63) is 95.1 Å². The highest BCUT2D eigenvalue weighted by Crippen LogP contribution is 2.32. The molecule has 0 saturated heterocycles. The molecular weight excluding hydrogens is 777 g/mol. The highest BCUT2D eigenvalue weighted by atomic mass is 16.5. The number of carbonyl (C=O) groups is 6. The number of nitrogens with two attached hydrogens (primary N) is 1. The Morgan fingerprint density at radius 3 is 1.78 bits per heavy atom. The number of unbranched alkanes of at least 4 members (excludes halogenated alkanes) is 2. The molecule has 60 heavy (non-hydrogen) atoms. The maximum absolute atomic E-state index is 13.4. The highest BCUT2D eigenvalue weighted by molar-refractivity contribution is 6.06. The van der Waals surface area contributed by atoms with E-state index in [2.05, 4.69) is 16.0 Å². The van der Waals surface area contributed by atoms with Crippen LogP contribution < -0.4 is 31.2 Å². The molecule has 18 heteroatoms. The molecule has 18 nitrogen and oxygen atoms in total. The van der Waals surface area contributed by atoms with Crippen LogP contribution in [0.15, 0.2) is 61.2 Å². The zero-order valence-corrected chi connectivity index (χ0v) is 33.0. The summed E-state index contributed by atoms with van der Waals surface area (Å²) in [5.74, 6) is -2.44. The van der Waals surface area contributed by atoms with Gasteiger partial charge in [-0.2, -0.15) is 0 Å². The average molecular weight is 831 g/mol. The Bertz CT molecular complexity index is 2380. The third-order valence-corrected chi connectivity index (χ3v) is 9.26. The van der Waals surface area contributed by atoms with E-state index in [-0.39, 0.29) is 67.8 Å². The van der Waals surface area contributed by atoms with Crippen LogP contribution >= 0.6 is 0 Å². The number of carbonyl (C=O) groups excluding carboxylic acids is 5. The number of hydrogen-bond donors (Lipinski definition) is 5. The quantitative estimate of drug-likeness (QED) is 0.0302. The van der Waals surface area contributed by atoms with E-state index in [4.69, 9.17) is 19.9 Å². The maximum atomic E-state index is 13.4. The number of rotatable bonds is 18. The van der Waals surface area contributed by atoms with Crippen molar-refractivity contribution >= 4 is 58.2 Å². The van der Waals surface area contributed by atoms with Crippen LogP contribution in [0.25, 0.3) is 0 Å². The Hall–Kier alpha value is -7.24. The summed E-state index contributed by atoms with van der Waals surface area (Å²) in [6, 6.07) is 8.98. The molecule has 1 aromatic carbocycles. The van der Waals surface area contributed by atoms with Crippen LogP contribution in [0.3, 0.4) is 0 Å². The van der Waals surface area contributed by atoms with E-state index >= 15 is 0 Å². The van der Waals surface area contributed by atoms with Crippen LogP contribution in [0, 0.1) is 0 Å². The van der Waals surface area contributed by atoms with Gasteiger partial charge < -0.3 is 59.3 Å². The summed E-state index contributed by atoms with van der Waals surface area (Å²) in [6.45, 7) is 0.310. The van der Waals surface area contributed by atoms with Crippen LogP contribution in [0.1, 0.15) is 98.4 Å². The molecule has 0 aliphatic heterocycles. The van der Waals surface area contributed by atoms with Gasteiger partial charge in [0.25, 0.3) is 11.8 Å². The Labute approximate surface area is 348 Å². The molecule has 5 aromatic rings. The number of ketones is 1. The second-order valence-electron chi connectivity index (χ2n) is 13.6. The van der Waals surface area contributed by atoms with E-state index in [9.17, 15) is 33.9 Å². The largest absolute Gasteiger partial charge is 0.493 e. The van der Waals surface area contributed by atoms with E-state index in [0.29, 0.717) is 65.6 Å². The van der Waals surface area contributed by atoms with Gasteiger partial charge in [0, 0.05) is 78.0 Å². The van der Waals surface area contributed by atoms with Gasteiger partial charge in [-0.1, -0.05) is 14.9 Å². The van der Waals surface area contributed by atoms with Crippen molar-refractivity contribution in [2.24, 2.45) is 28.2 Å². The van der Waals surface area contributed by atoms with E-state index < -0.39 is 23.8 Å². The zero-order chi connectivity index (χ0) is 42.3. The minimum absolute atomic E-state index is 0. The second kappa shape index (κ2) is 20.4. The Kier molecular flexibility index (Phi) is 16.1. The fourth-order valence-corrected chi connectivity index (χ4v) is 6.33.